The second-order valence-electron chi connectivity index (χ2n) is 6.30. The molecule has 0 saturated carbocycles. The van der Waals surface area contributed by atoms with E-state index in [-0.39, 0.29) is 17.7 Å². The molecule has 1 aromatic carbocycles. The third-order valence-electron chi connectivity index (χ3n) is 4.19. The van der Waals surface area contributed by atoms with Crippen molar-refractivity contribution in [2.45, 2.75) is 24.6 Å². The van der Waals surface area contributed by atoms with Crippen LogP contribution in [0.4, 0.5) is 0 Å². The van der Waals surface area contributed by atoms with Gasteiger partial charge in [-0.05, 0) is 36.6 Å². The van der Waals surface area contributed by atoms with E-state index in [9.17, 15) is 13.2 Å². The Kier molecular flexibility index (Phi) is 4.71. The van der Waals surface area contributed by atoms with Crippen LogP contribution in [0, 0.1) is 0 Å². The zero-order valence-electron chi connectivity index (χ0n) is 13.6. The Bertz CT molecular complexity index is 815. The van der Waals surface area contributed by atoms with E-state index in [4.69, 9.17) is 0 Å². The molecule has 1 fully saturated rings. The summed E-state index contributed by atoms with van der Waals surface area (Å²) in [5.41, 5.74) is 1.18. The Morgan fingerprint density at radius 1 is 1.33 bits per heavy atom. The maximum atomic E-state index is 12.8. The van der Waals surface area contributed by atoms with Crippen molar-refractivity contribution in [3.8, 4) is 0 Å². The summed E-state index contributed by atoms with van der Waals surface area (Å²) in [5, 5.41) is 4.27. The molecule has 2 aromatic rings. The molecule has 128 valence electrons. The third kappa shape index (κ3) is 4.03. The number of nitrogens with zero attached hydrogens (tertiary/aromatic N) is 3. The summed E-state index contributed by atoms with van der Waals surface area (Å²) in [5.74, 6) is -0.105. The molecule has 1 aliphatic heterocycles. The fraction of sp³-hybridized carbons (Fsp3) is 0.412. The van der Waals surface area contributed by atoms with Gasteiger partial charge < -0.3 is 4.90 Å². The first-order valence-electron chi connectivity index (χ1n) is 7.97. The molecule has 0 bridgehead atoms. The highest BCUT2D eigenvalue weighted by molar-refractivity contribution is 7.89. The van der Waals surface area contributed by atoms with Gasteiger partial charge in [-0.3, -0.25) is 9.48 Å². The lowest BCUT2D eigenvalue weighted by Gasteiger charge is -2.33. The number of carbonyl (C=O) groups is 1. The minimum absolute atomic E-state index is 0.0516. The van der Waals surface area contributed by atoms with Crippen LogP contribution < -0.4 is 0 Å². The van der Waals surface area contributed by atoms with Gasteiger partial charge in [0.15, 0.2) is 9.84 Å². The van der Waals surface area contributed by atoms with Gasteiger partial charge in [-0.25, -0.2) is 8.42 Å². The largest absolute Gasteiger partial charge is 0.337 e. The Morgan fingerprint density at radius 2 is 2.17 bits per heavy atom. The highest BCUT2D eigenvalue weighted by atomic mass is 32.2. The molecule has 0 N–H and O–H groups in total. The molecule has 24 heavy (non-hydrogen) atoms. The summed E-state index contributed by atoms with van der Waals surface area (Å²) in [7, 11) is -3.12. The number of amides is 1. The van der Waals surface area contributed by atoms with E-state index < -0.39 is 9.84 Å². The molecule has 0 radical (unpaired) electrons. The smallest absolute Gasteiger partial charge is 0.253 e. The third-order valence-corrected chi connectivity index (χ3v) is 5.04. The summed E-state index contributed by atoms with van der Waals surface area (Å²) in [4.78, 5) is 14.6. The van der Waals surface area contributed by atoms with Gasteiger partial charge in [-0.1, -0.05) is 12.1 Å². The van der Waals surface area contributed by atoms with Crippen molar-refractivity contribution in [1.29, 1.82) is 0 Å². The molecule has 7 heteroatoms. The van der Waals surface area contributed by atoms with Gasteiger partial charge >= 0.3 is 0 Å². The SMILES string of the molecule is CS(=O)(=O)Cc1cccc(C(=O)N2CCC[C@@H](n3cccn3)C2)c1. The van der Waals surface area contributed by atoms with Crippen LogP contribution in [0.5, 0.6) is 0 Å². The van der Waals surface area contributed by atoms with Gasteiger partial charge in [-0.2, -0.15) is 5.10 Å². The van der Waals surface area contributed by atoms with Crippen LogP contribution in [0.15, 0.2) is 42.7 Å². The van der Waals surface area contributed by atoms with Crippen molar-refractivity contribution in [3.05, 3.63) is 53.9 Å². The average molecular weight is 347 g/mol. The molecule has 1 aromatic heterocycles. The first-order valence-corrected chi connectivity index (χ1v) is 10.0. The minimum Gasteiger partial charge on any atom is -0.337 e. The van der Waals surface area contributed by atoms with Gasteiger partial charge in [0, 0.05) is 37.3 Å². The standard InChI is InChI=1S/C17H21N3O3S/c1-24(22,23)13-14-5-2-6-15(11-14)17(21)19-9-3-7-16(12-19)20-10-4-8-18-20/h2,4-6,8,10-11,16H,3,7,9,12-13H2,1H3/t16-/m1/s1. The molecule has 1 amide bonds. The van der Waals surface area contributed by atoms with Crippen molar-refractivity contribution >= 4 is 15.7 Å². The van der Waals surface area contributed by atoms with E-state index in [0.29, 0.717) is 24.2 Å². The number of rotatable bonds is 4. The van der Waals surface area contributed by atoms with E-state index in [1.807, 2.05) is 21.8 Å². The van der Waals surface area contributed by atoms with Crippen LogP contribution in [0.25, 0.3) is 0 Å². The molecular weight excluding hydrogens is 326 g/mol. The predicted molar refractivity (Wildman–Crippen MR) is 91.4 cm³/mol. The van der Waals surface area contributed by atoms with Crippen LogP contribution in [0.1, 0.15) is 34.8 Å². The second-order valence-corrected chi connectivity index (χ2v) is 8.44. The summed E-state index contributed by atoms with van der Waals surface area (Å²) in [6.45, 7) is 1.34. The lowest BCUT2D eigenvalue weighted by molar-refractivity contribution is 0.0673. The number of hydrogen-bond donors (Lipinski definition) is 0. The van der Waals surface area contributed by atoms with Gasteiger partial charge in [0.25, 0.3) is 5.91 Å². The average Bonchev–Trinajstić information content (AvgIpc) is 3.07. The molecule has 6 nitrogen and oxygen atoms in total. The molecule has 3 rings (SSSR count). The second kappa shape index (κ2) is 6.76. The van der Waals surface area contributed by atoms with Crippen LogP contribution in [-0.4, -0.2) is 48.4 Å². The number of sulfone groups is 1. The fourth-order valence-electron chi connectivity index (χ4n) is 3.13. The molecule has 1 saturated heterocycles. The number of aromatic nitrogens is 2. The normalized spacial score (nSPS) is 18.5. The molecule has 1 aliphatic rings. The Hall–Kier alpha value is -2.15. The number of hydrogen-bond acceptors (Lipinski definition) is 4. The number of carbonyl (C=O) groups excluding carboxylic acids is 1. The Balaban J connectivity index is 1.75. The maximum absolute atomic E-state index is 12.8. The van der Waals surface area contributed by atoms with E-state index in [0.717, 1.165) is 12.8 Å². The van der Waals surface area contributed by atoms with E-state index in [2.05, 4.69) is 5.10 Å². The van der Waals surface area contributed by atoms with Gasteiger partial charge in [0.2, 0.25) is 0 Å². The highest BCUT2D eigenvalue weighted by Crippen LogP contribution is 2.22. The summed E-state index contributed by atoms with van der Waals surface area (Å²) in [6, 6.07) is 8.97. The first kappa shape index (κ1) is 16.7. The van der Waals surface area contributed by atoms with Crippen LogP contribution in [0.3, 0.4) is 0 Å². The summed E-state index contributed by atoms with van der Waals surface area (Å²) >= 11 is 0. The molecular formula is C17H21N3O3S. The first-order chi connectivity index (χ1) is 11.4. The number of piperidine rings is 1. The molecule has 2 heterocycles. The summed E-state index contributed by atoms with van der Waals surface area (Å²) < 4.78 is 24.8. The zero-order valence-corrected chi connectivity index (χ0v) is 14.4. The number of benzene rings is 1. The maximum Gasteiger partial charge on any atom is 0.253 e. The predicted octanol–water partition coefficient (Wildman–Crippen LogP) is 1.91. The zero-order chi connectivity index (χ0) is 17.2. The van der Waals surface area contributed by atoms with Crippen molar-refractivity contribution in [1.82, 2.24) is 14.7 Å². The van der Waals surface area contributed by atoms with Crippen LogP contribution >= 0.6 is 0 Å². The molecule has 0 spiro atoms. The van der Waals surface area contributed by atoms with E-state index in [1.165, 1.54) is 6.26 Å². The van der Waals surface area contributed by atoms with Gasteiger partial charge in [-0.15, -0.1) is 0 Å². The molecule has 1 atom stereocenters. The highest BCUT2D eigenvalue weighted by Gasteiger charge is 2.25. The number of likely N-dealkylation sites (tertiary alicyclic amines) is 1. The quantitative estimate of drug-likeness (QED) is 0.847. The van der Waals surface area contributed by atoms with Crippen LogP contribution in [0.2, 0.25) is 0 Å². The fourth-order valence-corrected chi connectivity index (χ4v) is 3.92. The van der Waals surface area contributed by atoms with Crippen molar-refractivity contribution < 1.29 is 13.2 Å². The van der Waals surface area contributed by atoms with E-state index in [1.54, 1.807) is 30.5 Å². The van der Waals surface area contributed by atoms with Crippen molar-refractivity contribution in [2.24, 2.45) is 0 Å². The van der Waals surface area contributed by atoms with Gasteiger partial charge in [0.1, 0.15) is 0 Å². The van der Waals surface area contributed by atoms with Gasteiger partial charge in [0.05, 0.1) is 11.8 Å². The Morgan fingerprint density at radius 3 is 2.88 bits per heavy atom. The minimum atomic E-state index is -3.12. The molecule has 0 unspecified atom stereocenters. The topological polar surface area (TPSA) is 72.3 Å². The lowest BCUT2D eigenvalue weighted by atomic mass is 10.0. The monoisotopic (exact) mass is 347 g/mol. The lowest BCUT2D eigenvalue weighted by Crippen LogP contribution is -2.40. The van der Waals surface area contributed by atoms with Crippen molar-refractivity contribution in [3.63, 3.8) is 0 Å². The van der Waals surface area contributed by atoms with E-state index >= 15 is 0 Å². The Labute approximate surface area is 142 Å². The molecule has 0 aliphatic carbocycles. The van der Waals surface area contributed by atoms with Crippen LogP contribution in [-0.2, 0) is 15.6 Å². The van der Waals surface area contributed by atoms with Crippen molar-refractivity contribution in [2.75, 3.05) is 19.3 Å². The summed E-state index contributed by atoms with van der Waals surface area (Å²) in [6.07, 6.45) is 6.79.